The van der Waals surface area contributed by atoms with Crippen molar-refractivity contribution in [3.8, 4) is 0 Å². The van der Waals surface area contributed by atoms with Gasteiger partial charge in [0.15, 0.2) is 12.6 Å². The Morgan fingerprint density at radius 1 is 1.12 bits per heavy atom. The molecule has 0 aromatic carbocycles. The molecule has 0 spiro atoms. The number of aliphatic hydroxyl groups excluding tert-OH is 7. The third-order valence-corrected chi connectivity index (χ3v) is 4.36. The van der Waals surface area contributed by atoms with Crippen molar-refractivity contribution in [2.45, 2.75) is 68.3 Å². The van der Waals surface area contributed by atoms with Crippen LogP contribution >= 0.6 is 0 Å². The molecular weight excluding hydrogens is 358 g/mol. The topological polar surface area (TPSA) is 198 Å². The Morgan fingerprint density at radius 2 is 1.77 bits per heavy atom. The van der Waals surface area contributed by atoms with E-state index in [9.17, 15) is 35.4 Å². The lowest BCUT2D eigenvalue weighted by molar-refractivity contribution is -0.296. The number of rotatable bonds is 6. The van der Waals surface area contributed by atoms with Gasteiger partial charge < -0.3 is 55.3 Å². The van der Waals surface area contributed by atoms with Crippen molar-refractivity contribution in [3.63, 3.8) is 0 Å². The molecule has 2 saturated heterocycles. The van der Waals surface area contributed by atoms with Gasteiger partial charge in [-0.3, -0.25) is 4.79 Å². The molecule has 0 bridgehead atoms. The highest BCUT2D eigenvalue weighted by molar-refractivity contribution is 5.73. The molecule has 1 amide bonds. The van der Waals surface area contributed by atoms with E-state index in [0.717, 1.165) is 6.92 Å². The highest BCUT2D eigenvalue weighted by Crippen LogP contribution is 2.30. The molecule has 2 rings (SSSR count). The molecule has 0 aromatic rings. The molecule has 2 heterocycles. The molecule has 2 aliphatic rings. The fourth-order valence-electron chi connectivity index (χ4n) is 3.00. The van der Waals surface area contributed by atoms with Crippen LogP contribution in [0.3, 0.4) is 0 Å². The first-order valence-corrected chi connectivity index (χ1v) is 8.06. The summed E-state index contributed by atoms with van der Waals surface area (Å²) in [4.78, 5) is 11.3. The SMILES string of the molecule is CC(=O)N[C@H]1C(O)O[C@H](CO)[C@@H](O)[C@@H]1O[C@@H]1O[C@@H]([C@H](O)CO)[C@H](O)[C@H]1O. The number of nitrogens with one attached hydrogen (secondary N) is 1. The monoisotopic (exact) mass is 383 g/mol. The summed E-state index contributed by atoms with van der Waals surface area (Å²) in [5.74, 6) is -0.567. The zero-order valence-electron chi connectivity index (χ0n) is 14.0. The number of ether oxygens (including phenoxy) is 3. The van der Waals surface area contributed by atoms with Crippen molar-refractivity contribution >= 4 is 5.91 Å². The molecule has 12 heteroatoms. The molecule has 1 unspecified atom stereocenters. The Labute approximate surface area is 148 Å². The van der Waals surface area contributed by atoms with Crippen molar-refractivity contribution in [2.24, 2.45) is 0 Å². The molecule has 152 valence electrons. The fourth-order valence-corrected chi connectivity index (χ4v) is 3.00. The van der Waals surface area contributed by atoms with Crippen molar-refractivity contribution in [1.82, 2.24) is 5.32 Å². The number of amides is 1. The van der Waals surface area contributed by atoms with E-state index >= 15 is 0 Å². The van der Waals surface area contributed by atoms with E-state index < -0.39 is 80.5 Å². The van der Waals surface area contributed by atoms with Gasteiger partial charge in [-0.25, -0.2) is 0 Å². The standard InChI is InChI=1S/C14H25NO11/c1-4(18)15-7-12(8(20)6(3-17)24-13(7)23)26-14-10(22)9(21)11(25-14)5(19)2-16/h5-14,16-17,19-23H,2-3H2,1H3,(H,15,18)/t5-,6-,7-,8-,9-,10-,11+,12-,13?,14+/m1/s1. The zero-order chi connectivity index (χ0) is 19.6. The van der Waals surface area contributed by atoms with E-state index in [0.29, 0.717) is 0 Å². The summed E-state index contributed by atoms with van der Waals surface area (Å²) in [6.07, 6.45) is -13.4. The van der Waals surface area contributed by atoms with Gasteiger partial charge in [0, 0.05) is 6.92 Å². The fraction of sp³-hybridized carbons (Fsp3) is 0.929. The van der Waals surface area contributed by atoms with E-state index in [2.05, 4.69) is 5.32 Å². The lowest BCUT2D eigenvalue weighted by atomic mass is 9.96. The molecule has 12 nitrogen and oxygen atoms in total. The van der Waals surface area contributed by atoms with Gasteiger partial charge in [0.2, 0.25) is 5.91 Å². The van der Waals surface area contributed by atoms with Gasteiger partial charge in [-0.15, -0.1) is 0 Å². The van der Waals surface area contributed by atoms with E-state index in [4.69, 9.17) is 19.3 Å². The van der Waals surface area contributed by atoms with Gasteiger partial charge in [-0.1, -0.05) is 0 Å². The molecule has 8 N–H and O–H groups in total. The highest BCUT2D eigenvalue weighted by atomic mass is 16.7. The lowest BCUT2D eigenvalue weighted by Crippen LogP contribution is -2.65. The van der Waals surface area contributed by atoms with Crippen molar-refractivity contribution in [2.75, 3.05) is 13.2 Å². The number of hydrogen-bond donors (Lipinski definition) is 8. The predicted octanol–water partition coefficient (Wildman–Crippen LogP) is -5.25. The summed E-state index contributed by atoms with van der Waals surface area (Å²) in [6, 6.07) is -1.26. The van der Waals surface area contributed by atoms with E-state index in [1.54, 1.807) is 0 Å². The van der Waals surface area contributed by atoms with Crippen LogP contribution in [0.15, 0.2) is 0 Å². The predicted molar refractivity (Wildman–Crippen MR) is 80.2 cm³/mol. The van der Waals surface area contributed by atoms with Crippen LogP contribution in [0.25, 0.3) is 0 Å². The number of carbonyl (C=O) groups excluding carboxylic acids is 1. The first-order chi connectivity index (χ1) is 12.2. The molecule has 0 saturated carbocycles. The summed E-state index contributed by atoms with van der Waals surface area (Å²) in [6.45, 7) is -0.235. The van der Waals surface area contributed by atoms with Gasteiger partial charge in [-0.05, 0) is 0 Å². The van der Waals surface area contributed by atoms with Crippen molar-refractivity contribution < 1.29 is 54.8 Å². The summed E-state index contributed by atoms with van der Waals surface area (Å²) in [5, 5.41) is 70.4. The highest BCUT2D eigenvalue weighted by Gasteiger charge is 2.52. The maximum absolute atomic E-state index is 11.3. The smallest absolute Gasteiger partial charge is 0.217 e. The maximum atomic E-state index is 11.3. The van der Waals surface area contributed by atoms with Gasteiger partial charge in [0.05, 0.1) is 13.2 Å². The first kappa shape index (κ1) is 21.4. The Morgan fingerprint density at radius 3 is 2.31 bits per heavy atom. The van der Waals surface area contributed by atoms with Crippen LogP contribution in [-0.2, 0) is 19.0 Å². The molecule has 0 aliphatic carbocycles. The molecule has 0 radical (unpaired) electrons. The first-order valence-electron chi connectivity index (χ1n) is 8.06. The van der Waals surface area contributed by atoms with Gasteiger partial charge in [0.25, 0.3) is 0 Å². The van der Waals surface area contributed by atoms with Gasteiger partial charge in [-0.2, -0.15) is 0 Å². The number of hydrogen-bond acceptors (Lipinski definition) is 11. The second-order valence-electron chi connectivity index (χ2n) is 6.27. The minimum absolute atomic E-state index is 0.567. The van der Waals surface area contributed by atoms with E-state index in [1.165, 1.54) is 0 Å². The molecule has 2 fully saturated rings. The van der Waals surface area contributed by atoms with Crippen molar-refractivity contribution in [3.05, 3.63) is 0 Å². The summed E-state index contributed by atoms with van der Waals surface area (Å²) in [5.41, 5.74) is 0. The molecule has 10 atom stereocenters. The minimum atomic E-state index is -1.64. The third-order valence-electron chi connectivity index (χ3n) is 4.36. The molecular formula is C14H25NO11. The van der Waals surface area contributed by atoms with Crippen LogP contribution in [0.5, 0.6) is 0 Å². The van der Waals surface area contributed by atoms with Crippen LogP contribution in [0, 0.1) is 0 Å². The van der Waals surface area contributed by atoms with E-state index in [-0.39, 0.29) is 0 Å². The number of aliphatic hydroxyl groups is 7. The average Bonchev–Trinajstić information content (AvgIpc) is 2.88. The normalized spacial score (nSPS) is 44.7. The average molecular weight is 383 g/mol. The third kappa shape index (κ3) is 4.31. The Balaban J connectivity index is 2.17. The maximum Gasteiger partial charge on any atom is 0.217 e. The van der Waals surface area contributed by atoms with Crippen LogP contribution in [0.4, 0.5) is 0 Å². The van der Waals surface area contributed by atoms with Crippen LogP contribution in [-0.4, -0.2) is 116 Å². The Hall–Kier alpha value is -0.930. The summed E-state index contributed by atoms with van der Waals surface area (Å²) in [7, 11) is 0. The van der Waals surface area contributed by atoms with Gasteiger partial charge >= 0.3 is 0 Å². The quantitative estimate of drug-likeness (QED) is 0.218. The molecule has 26 heavy (non-hydrogen) atoms. The largest absolute Gasteiger partial charge is 0.394 e. The summed E-state index contributed by atoms with van der Waals surface area (Å²) < 4.78 is 15.7. The molecule has 2 aliphatic heterocycles. The van der Waals surface area contributed by atoms with Crippen LogP contribution in [0.2, 0.25) is 0 Å². The molecule has 0 aromatic heterocycles. The summed E-state index contributed by atoms with van der Waals surface area (Å²) >= 11 is 0. The number of carbonyl (C=O) groups is 1. The second-order valence-corrected chi connectivity index (χ2v) is 6.27. The lowest BCUT2D eigenvalue weighted by Gasteiger charge is -2.43. The van der Waals surface area contributed by atoms with Crippen molar-refractivity contribution in [1.29, 1.82) is 0 Å². The van der Waals surface area contributed by atoms with Crippen LogP contribution in [0.1, 0.15) is 6.92 Å². The second kappa shape index (κ2) is 8.84. The van der Waals surface area contributed by atoms with E-state index in [1.807, 2.05) is 0 Å². The minimum Gasteiger partial charge on any atom is -0.394 e. The Bertz CT molecular complexity index is 480. The van der Waals surface area contributed by atoms with Gasteiger partial charge in [0.1, 0.15) is 48.8 Å². The zero-order valence-corrected chi connectivity index (χ0v) is 14.0. The van der Waals surface area contributed by atoms with Crippen LogP contribution < -0.4 is 5.32 Å². The Kier molecular flexibility index (Phi) is 7.27.